The van der Waals surface area contributed by atoms with Crippen molar-refractivity contribution in [1.82, 2.24) is 25.0 Å². The van der Waals surface area contributed by atoms with Crippen molar-refractivity contribution in [3.05, 3.63) is 71.6 Å². The number of aromatic nitrogens is 5. The second-order valence-corrected chi connectivity index (χ2v) is 9.24. The van der Waals surface area contributed by atoms with Crippen molar-refractivity contribution >= 4 is 45.2 Å². The summed E-state index contributed by atoms with van der Waals surface area (Å²) in [4.78, 5) is 17.9. The van der Waals surface area contributed by atoms with Gasteiger partial charge in [-0.15, -0.1) is 10.2 Å². The summed E-state index contributed by atoms with van der Waals surface area (Å²) in [6.45, 7) is 1.86. The van der Waals surface area contributed by atoms with E-state index in [4.69, 9.17) is 4.42 Å². The van der Waals surface area contributed by atoms with Gasteiger partial charge in [-0.3, -0.25) is 14.8 Å². The SMILES string of the molecule is Cc1nn(C)c2nc(-c3ccco3)cc(C(=O)Nc3nnc(SCc4ccccc4)s3)c12. The molecule has 8 nitrogen and oxygen atoms in total. The fourth-order valence-corrected chi connectivity index (χ4v) is 5.08. The van der Waals surface area contributed by atoms with Gasteiger partial charge in [0.2, 0.25) is 5.13 Å². The summed E-state index contributed by atoms with van der Waals surface area (Å²) in [5, 5.41) is 16.8. The third-order valence-electron chi connectivity index (χ3n) is 4.82. The highest BCUT2D eigenvalue weighted by Gasteiger charge is 2.21. The number of aryl methyl sites for hydroxylation is 2. The van der Waals surface area contributed by atoms with Crippen LogP contribution in [0.4, 0.5) is 5.13 Å². The fraction of sp³-hybridized carbons (Fsp3) is 0.136. The minimum absolute atomic E-state index is 0.294. The molecule has 0 aliphatic rings. The van der Waals surface area contributed by atoms with Gasteiger partial charge in [0.15, 0.2) is 15.7 Å². The Morgan fingerprint density at radius 1 is 1.19 bits per heavy atom. The first-order valence-corrected chi connectivity index (χ1v) is 11.6. The van der Waals surface area contributed by atoms with E-state index in [1.807, 2.05) is 25.1 Å². The highest BCUT2D eigenvalue weighted by Crippen LogP contribution is 2.30. The first kappa shape index (κ1) is 20.4. The molecule has 160 valence electrons. The average molecular weight is 463 g/mol. The first-order valence-electron chi connectivity index (χ1n) is 9.78. The monoisotopic (exact) mass is 462 g/mol. The van der Waals surface area contributed by atoms with Gasteiger partial charge in [0, 0.05) is 12.8 Å². The second kappa shape index (κ2) is 8.56. The smallest absolute Gasteiger partial charge is 0.258 e. The van der Waals surface area contributed by atoms with Crippen LogP contribution < -0.4 is 5.32 Å². The summed E-state index contributed by atoms with van der Waals surface area (Å²) >= 11 is 2.93. The minimum atomic E-state index is -0.294. The third kappa shape index (κ3) is 4.02. The van der Waals surface area contributed by atoms with Gasteiger partial charge in [-0.05, 0) is 30.7 Å². The lowest BCUT2D eigenvalue weighted by atomic mass is 10.1. The summed E-state index contributed by atoms with van der Waals surface area (Å²) in [6, 6.07) is 15.5. The normalized spacial score (nSPS) is 11.2. The quantitative estimate of drug-likeness (QED) is 0.282. The van der Waals surface area contributed by atoms with Crippen LogP contribution >= 0.6 is 23.1 Å². The molecule has 0 saturated carbocycles. The van der Waals surface area contributed by atoms with Crippen molar-refractivity contribution in [2.24, 2.45) is 7.05 Å². The van der Waals surface area contributed by atoms with E-state index >= 15 is 0 Å². The molecule has 32 heavy (non-hydrogen) atoms. The van der Waals surface area contributed by atoms with Gasteiger partial charge in [-0.25, -0.2) is 4.98 Å². The summed E-state index contributed by atoms with van der Waals surface area (Å²) in [6.07, 6.45) is 1.57. The zero-order chi connectivity index (χ0) is 22.1. The van der Waals surface area contributed by atoms with Crippen LogP contribution in [0.2, 0.25) is 0 Å². The molecule has 0 bridgehead atoms. The molecule has 0 unspecified atom stereocenters. The summed E-state index contributed by atoms with van der Waals surface area (Å²) in [7, 11) is 1.80. The summed E-state index contributed by atoms with van der Waals surface area (Å²) < 4.78 is 7.94. The molecule has 5 rings (SSSR count). The summed E-state index contributed by atoms with van der Waals surface area (Å²) in [5.74, 6) is 1.07. The van der Waals surface area contributed by atoms with Crippen molar-refractivity contribution in [3.8, 4) is 11.5 Å². The number of thioether (sulfide) groups is 1. The lowest BCUT2D eigenvalue weighted by Crippen LogP contribution is -2.13. The van der Waals surface area contributed by atoms with E-state index in [0.29, 0.717) is 33.2 Å². The van der Waals surface area contributed by atoms with Gasteiger partial charge in [0.1, 0.15) is 5.69 Å². The molecular formula is C22H18N6O2S2. The average Bonchev–Trinajstić information content (AvgIpc) is 3.54. The third-order valence-corrected chi connectivity index (χ3v) is 6.86. The number of furan rings is 1. The zero-order valence-corrected chi connectivity index (χ0v) is 18.9. The number of rotatable bonds is 6. The Balaban J connectivity index is 1.41. The molecule has 5 aromatic rings. The maximum atomic E-state index is 13.2. The number of amides is 1. The number of fused-ring (bicyclic) bond motifs is 1. The highest BCUT2D eigenvalue weighted by atomic mass is 32.2. The predicted molar refractivity (Wildman–Crippen MR) is 125 cm³/mol. The number of carbonyl (C=O) groups excluding carboxylic acids is 1. The maximum Gasteiger partial charge on any atom is 0.258 e. The molecule has 0 aliphatic carbocycles. The van der Waals surface area contributed by atoms with E-state index in [1.54, 1.807) is 48.0 Å². The van der Waals surface area contributed by atoms with Crippen molar-refractivity contribution in [2.75, 3.05) is 5.32 Å². The van der Waals surface area contributed by atoms with E-state index < -0.39 is 0 Å². The lowest BCUT2D eigenvalue weighted by molar-refractivity contribution is 0.102. The van der Waals surface area contributed by atoms with Crippen LogP contribution in [0.3, 0.4) is 0 Å². The van der Waals surface area contributed by atoms with E-state index in [9.17, 15) is 4.79 Å². The largest absolute Gasteiger partial charge is 0.463 e. The van der Waals surface area contributed by atoms with E-state index in [-0.39, 0.29) is 5.91 Å². The fourth-order valence-electron chi connectivity index (χ4n) is 3.38. The molecule has 1 amide bonds. The Bertz CT molecular complexity index is 1390. The summed E-state index contributed by atoms with van der Waals surface area (Å²) in [5.41, 5.74) is 3.56. The number of pyridine rings is 1. The standard InChI is InChI=1S/C22H18N6O2S2/c1-13-18-15(11-16(17-9-6-10-30-17)23-19(18)28(2)27-13)20(29)24-21-25-26-22(32-21)31-12-14-7-4-3-5-8-14/h3-11H,12H2,1-2H3,(H,24,25,29). The van der Waals surface area contributed by atoms with Crippen molar-refractivity contribution in [1.29, 1.82) is 0 Å². The molecule has 1 N–H and O–H groups in total. The van der Waals surface area contributed by atoms with Crippen molar-refractivity contribution in [3.63, 3.8) is 0 Å². The molecule has 0 spiro atoms. The number of nitrogens with zero attached hydrogens (tertiary/aromatic N) is 5. The molecule has 10 heteroatoms. The van der Waals surface area contributed by atoms with Crippen LogP contribution in [0.25, 0.3) is 22.5 Å². The van der Waals surface area contributed by atoms with Gasteiger partial charge < -0.3 is 4.42 Å². The van der Waals surface area contributed by atoms with E-state index in [2.05, 4.69) is 37.7 Å². The molecule has 0 atom stereocenters. The lowest BCUT2D eigenvalue weighted by Gasteiger charge is -2.06. The van der Waals surface area contributed by atoms with Crippen LogP contribution in [0, 0.1) is 6.92 Å². The predicted octanol–water partition coefficient (Wildman–Crippen LogP) is 4.93. The van der Waals surface area contributed by atoms with Crippen molar-refractivity contribution < 1.29 is 9.21 Å². The molecule has 1 aromatic carbocycles. The maximum absolute atomic E-state index is 13.2. The Kier molecular flexibility index (Phi) is 5.46. The Hall–Kier alpha value is -3.50. The number of carbonyl (C=O) groups is 1. The molecule has 0 radical (unpaired) electrons. The van der Waals surface area contributed by atoms with Crippen LogP contribution in [0.15, 0.2) is 63.6 Å². The first-order chi connectivity index (χ1) is 15.6. The highest BCUT2D eigenvalue weighted by molar-refractivity contribution is 8.00. The number of hydrogen-bond acceptors (Lipinski definition) is 8. The molecule has 4 heterocycles. The van der Waals surface area contributed by atoms with Crippen LogP contribution in [0.5, 0.6) is 0 Å². The number of nitrogens with one attached hydrogen (secondary N) is 1. The van der Waals surface area contributed by atoms with Gasteiger partial charge in [0.25, 0.3) is 5.91 Å². The molecule has 0 saturated heterocycles. The van der Waals surface area contributed by atoms with Gasteiger partial charge in [0.05, 0.1) is 22.9 Å². The number of hydrogen-bond donors (Lipinski definition) is 1. The van der Waals surface area contributed by atoms with Crippen LogP contribution in [-0.2, 0) is 12.8 Å². The van der Waals surface area contributed by atoms with Crippen LogP contribution in [-0.4, -0.2) is 30.9 Å². The molecular weight excluding hydrogens is 444 g/mol. The van der Waals surface area contributed by atoms with Crippen LogP contribution in [0.1, 0.15) is 21.6 Å². The molecule has 4 aromatic heterocycles. The Morgan fingerprint density at radius 3 is 2.81 bits per heavy atom. The number of anilines is 1. The Morgan fingerprint density at radius 2 is 2.03 bits per heavy atom. The molecule has 0 fully saturated rings. The zero-order valence-electron chi connectivity index (χ0n) is 17.3. The topological polar surface area (TPSA) is 98.7 Å². The van der Waals surface area contributed by atoms with E-state index in [1.165, 1.54) is 16.9 Å². The van der Waals surface area contributed by atoms with Gasteiger partial charge in [-0.2, -0.15) is 5.10 Å². The minimum Gasteiger partial charge on any atom is -0.463 e. The molecule has 0 aliphatic heterocycles. The Labute approximate surface area is 191 Å². The number of benzene rings is 1. The van der Waals surface area contributed by atoms with Gasteiger partial charge in [-0.1, -0.05) is 53.4 Å². The van der Waals surface area contributed by atoms with Gasteiger partial charge >= 0.3 is 0 Å². The second-order valence-electron chi connectivity index (χ2n) is 7.04. The van der Waals surface area contributed by atoms with E-state index in [0.717, 1.165) is 15.8 Å². The van der Waals surface area contributed by atoms with Crippen molar-refractivity contribution in [2.45, 2.75) is 17.0 Å².